The maximum Gasteiger partial charge on any atom is 0.101 e. The topological polar surface area (TPSA) is 23.8 Å². The first-order valence-corrected chi connectivity index (χ1v) is 5.37. The van der Waals surface area contributed by atoms with Crippen molar-refractivity contribution in [3.63, 3.8) is 0 Å². The van der Waals surface area contributed by atoms with Gasteiger partial charge in [0.25, 0.3) is 0 Å². The molecule has 0 radical (unpaired) electrons. The van der Waals surface area contributed by atoms with E-state index in [1.54, 1.807) is 11.3 Å². The van der Waals surface area contributed by atoms with Crippen molar-refractivity contribution >= 4 is 27.3 Å². The largest absolute Gasteiger partial charge is 0.192 e. The van der Waals surface area contributed by atoms with Crippen LogP contribution in [0.3, 0.4) is 0 Å². The van der Waals surface area contributed by atoms with Crippen LogP contribution in [-0.2, 0) is 0 Å². The smallest absolute Gasteiger partial charge is 0.101 e. The summed E-state index contributed by atoms with van der Waals surface area (Å²) in [5.74, 6) is 0.416. The van der Waals surface area contributed by atoms with Gasteiger partial charge in [-0.1, -0.05) is 13.8 Å². The summed E-state index contributed by atoms with van der Waals surface area (Å²) in [6.45, 7) is 6.19. The lowest BCUT2D eigenvalue weighted by molar-refractivity contribution is 0.863. The van der Waals surface area contributed by atoms with E-state index in [1.807, 2.05) is 6.92 Å². The Hall–Kier alpha value is -0.330. The molecule has 0 fully saturated rings. The standard InChI is InChI=1S/C9H10BrNS/c1-5(2)8-7(4-11)6(3)12-9(8)10/h5H,1-3H3. The predicted octanol–water partition coefficient (Wildman–Crippen LogP) is 3.81. The Balaban J connectivity index is 3.35. The molecule has 1 heterocycles. The molecule has 1 aromatic heterocycles. The van der Waals surface area contributed by atoms with Crippen LogP contribution < -0.4 is 0 Å². The number of nitrogens with zero attached hydrogens (tertiary/aromatic N) is 1. The third kappa shape index (κ3) is 1.55. The maximum absolute atomic E-state index is 8.90. The van der Waals surface area contributed by atoms with E-state index in [0.29, 0.717) is 5.92 Å². The molecule has 0 bridgehead atoms. The number of aryl methyl sites for hydroxylation is 1. The van der Waals surface area contributed by atoms with Gasteiger partial charge in [0.15, 0.2) is 0 Å². The van der Waals surface area contributed by atoms with Crippen LogP contribution in [0.15, 0.2) is 3.79 Å². The lowest BCUT2D eigenvalue weighted by Crippen LogP contribution is -1.89. The summed E-state index contributed by atoms with van der Waals surface area (Å²) in [6.07, 6.45) is 0. The highest BCUT2D eigenvalue weighted by molar-refractivity contribution is 9.11. The fraction of sp³-hybridized carbons (Fsp3) is 0.444. The average molecular weight is 244 g/mol. The van der Waals surface area contributed by atoms with Gasteiger partial charge in [0, 0.05) is 4.88 Å². The van der Waals surface area contributed by atoms with Crippen molar-refractivity contribution in [1.29, 1.82) is 5.26 Å². The minimum Gasteiger partial charge on any atom is -0.192 e. The van der Waals surface area contributed by atoms with Crippen LogP contribution in [0, 0.1) is 18.3 Å². The lowest BCUT2D eigenvalue weighted by atomic mass is 10.0. The molecule has 1 aromatic rings. The molecule has 0 saturated carbocycles. The van der Waals surface area contributed by atoms with Gasteiger partial charge < -0.3 is 0 Å². The van der Waals surface area contributed by atoms with Gasteiger partial charge in [-0.05, 0) is 34.3 Å². The van der Waals surface area contributed by atoms with Crippen LogP contribution in [0.2, 0.25) is 0 Å². The zero-order valence-corrected chi connectivity index (χ0v) is 9.71. The Morgan fingerprint density at radius 3 is 2.42 bits per heavy atom. The first kappa shape index (κ1) is 9.76. The maximum atomic E-state index is 8.90. The van der Waals surface area contributed by atoms with E-state index in [1.165, 1.54) is 0 Å². The Morgan fingerprint density at radius 2 is 2.08 bits per heavy atom. The molecule has 3 heteroatoms. The van der Waals surface area contributed by atoms with E-state index in [9.17, 15) is 0 Å². The molecule has 0 saturated heterocycles. The number of hydrogen-bond acceptors (Lipinski definition) is 2. The minimum atomic E-state index is 0.416. The number of thiophene rings is 1. The molecular formula is C9H10BrNS. The molecule has 0 unspecified atom stereocenters. The fourth-order valence-corrected chi connectivity index (χ4v) is 3.54. The highest BCUT2D eigenvalue weighted by Crippen LogP contribution is 2.36. The molecule has 1 nitrogen and oxygen atoms in total. The summed E-state index contributed by atoms with van der Waals surface area (Å²) >= 11 is 5.12. The Morgan fingerprint density at radius 1 is 1.50 bits per heavy atom. The minimum absolute atomic E-state index is 0.416. The van der Waals surface area contributed by atoms with Crippen molar-refractivity contribution in [1.82, 2.24) is 0 Å². The zero-order valence-electron chi connectivity index (χ0n) is 7.31. The first-order valence-electron chi connectivity index (χ1n) is 3.76. The molecule has 0 aromatic carbocycles. The Labute approximate surface area is 85.2 Å². The molecule has 1 rings (SSSR count). The second kappa shape index (κ2) is 3.59. The SMILES string of the molecule is Cc1sc(Br)c(C(C)C)c1C#N. The third-order valence-corrected chi connectivity index (χ3v) is 3.59. The Bertz CT molecular complexity index is 333. The fourth-order valence-electron chi connectivity index (χ4n) is 1.18. The van der Waals surface area contributed by atoms with Crippen molar-refractivity contribution in [2.24, 2.45) is 0 Å². The second-order valence-corrected chi connectivity index (χ2v) is 5.53. The molecule has 0 aliphatic heterocycles. The molecule has 12 heavy (non-hydrogen) atoms. The van der Waals surface area contributed by atoms with Gasteiger partial charge in [0.05, 0.1) is 9.35 Å². The number of hydrogen-bond donors (Lipinski definition) is 0. The Kier molecular flexibility index (Phi) is 2.92. The highest BCUT2D eigenvalue weighted by Gasteiger charge is 2.15. The van der Waals surface area contributed by atoms with Crippen LogP contribution in [0.1, 0.15) is 35.8 Å². The molecule has 0 aliphatic carbocycles. The molecule has 0 atom stereocenters. The lowest BCUT2D eigenvalue weighted by Gasteiger charge is -2.02. The van der Waals surface area contributed by atoms with Crippen molar-refractivity contribution < 1.29 is 0 Å². The normalized spacial score (nSPS) is 10.3. The summed E-state index contributed by atoms with van der Waals surface area (Å²) in [7, 11) is 0. The van der Waals surface area contributed by atoms with Crippen LogP contribution >= 0.6 is 27.3 Å². The van der Waals surface area contributed by atoms with Crippen molar-refractivity contribution in [2.45, 2.75) is 26.7 Å². The van der Waals surface area contributed by atoms with Gasteiger partial charge in [-0.15, -0.1) is 11.3 Å². The van der Waals surface area contributed by atoms with Crippen molar-refractivity contribution in [3.05, 3.63) is 19.8 Å². The van der Waals surface area contributed by atoms with Gasteiger partial charge in [0.1, 0.15) is 6.07 Å². The molecule has 64 valence electrons. The molecule has 0 aliphatic rings. The van der Waals surface area contributed by atoms with Crippen LogP contribution in [-0.4, -0.2) is 0 Å². The van der Waals surface area contributed by atoms with Crippen LogP contribution in [0.25, 0.3) is 0 Å². The summed E-state index contributed by atoms with van der Waals surface area (Å²) < 4.78 is 1.10. The van der Waals surface area contributed by atoms with E-state index in [2.05, 4.69) is 35.8 Å². The van der Waals surface area contributed by atoms with E-state index in [4.69, 9.17) is 5.26 Å². The van der Waals surface area contributed by atoms with Gasteiger partial charge in [-0.2, -0.15) is 5.26 Å². The third-order valence-electron chi connectivity index (χ3n) is 1.77. The van der Waals surface area contributed by atoms with E-state index < -0.39 is 0 Å². The average Bonchev–Trinajstić information content (AvgIpc) is 2.24. The number of halogens is 1. The summed E-state index contributed by atoms with van der Waals surface area (Å²) in [5.41, 5.74) is 2.00. The number of rotatable bonds is 1. The summed E-state index contributed by atoms with van der Waals surface area (Å²) in [6, 6.07) is 2.25. The monoisotopic (exact) mass is 243 g/mol. The highest BCUT2D eigenvalue weighted by atomic mass is 79.9. The summed E-state index contributed by atoms with van der Waals surface area (Å²) in [4.78, 5) is 1.10. The van der Waals surface area contributed by atoms with Crippen LogP contribution in [0.5, 0.6) is 0 Å². The van der Waals surface area contributed by atoms with Crippen LogP contribution in [0.4, 0.5) is 0 Å². The van der Waals surface area contributed by atoms with E-state index >= 15 is 0 Å². The molecule has 0 N–H and O–H groups in total. The molecule has 0 amide bonds. The predicted molar refractivity (Wildman–Crippen MR) is 55.6 cm³/mol. The van der Waals surface area contributed by atoms with Gasteiger partial charge >= 0.3 is 0 Å². The molecule has 0 spiro atoms. The van der Waals surface area contributed by atoms with E-state index in [0.717, 1.165) is 19.8 Å². The van der Waals surface area contributed by atoms with E-state index in [-0.39, 0.29) is 0 Å². The zero-order chi connectivity index (χ0) is 9.30. The van der Waals surface area contributed by atoms with Gasteiger partial charge in [-0.25, -0.2) is 0 Å². The summed E-state index contributed by atoms with van der Waals surface area (Å²) in [5, 5.41) is 8.90. The quantitative estimate of drug-likeness (QED) is 0.736. The molecular weight excluding hydrogens is 234 g/mol. The number of nitriles is 1. The van der Waals surface area contributed by atoms with Gasteiger partial charge in [-0.3, -0.25) is 0 Å². The van der Waals surface area contributed by atoms with Crippen molar-refractivity contribution in [2.75, 3.05) is 0 Å². The second-order valence-electron chi connectivity index (χ2n) is 2.99. The van der Waals surface area contributed by atoms with Gasteiger partial charge in [0.2, 0.25) is 0 Å². The first-order chi connectivity index (χ1) is 5.57. The van der Waals surface area contributed by atoms with Crippen molar-refractivity contribution in [3.8, 4) is 6.07 Å².